The average Bonchev–Trinajstić information content (AvgIpc) is 2.67. The summed E-state index contributed by atoms with van der Waals surface area (Å²) in [6, 6.07) is 13.4. The Morgan fingerprint density at radius 2 is 1.93 bits per heavy atom. The summed E-state index contributed by atoms with van der Waals surface area (Å²) in [6.07, 6.45) is 3.76. The molecule has 0 aromatic heterocycles. The van der Waals surface area contributed by atoms with Gasteiger partial charge in [0.05, 0.1) is 0 Å². The number of benzene rings is 2. The van der Waals surface area contributed by atoms with E-state index in [4.69, 9.17) is 11.6 Å². The maximum atomic E-state index is 12.7. The Morgan fingerprint density at radius 1 is 1.21 bits per heavy atom. The summed E-state index contributed by atoms with van der Waals surface area (Å²) < 4.78 is 27.3. The van der Waals surface area contributed by atoms with E-state index in [2.05, 4.69) is 10.0 Å². The molecule has 0 aliphatic carbocycles. The van der Waals surface area contributed by atoms with E-state index in [1.54, 1.807) is 42.1 Å². The molecular formula is C20H23ClN2O3S2. The zero-order chi connectivity index (χ0) is 20.6. The van der Waals surface area contributed by atoms with Gasteiger partial charge in [0.1, 0.15) is 6.04 Å². The molecule has 2 aromatic carbocycles. The molecule has 0 bridgehead atoms. The summed E-state index contributed by atoms with van der Waals surface area (Å²) >= 11 is 7.63. The highest BCUT2D eigenvalue weighted by atomic mass is 35.5. The summed E-state index contributed by atoms with van der Waals surface area (Å²) in [6.45, 7) is 1.86. The third-order valence-corrected chi connectivity index (χ3v) is 6.07. The van der Waals surface area contributed by atoms with Crippen molar-refractivity contribution in [3.8, 4) is 0 Å². The monoisotopic (exact) mass is 438 g/mol. The SMILES string of the molecule is CSCCC(NS(=O)(=O)/C=C/c1ccccc1)C(=O)Nc1ccc(C)c(Cl)c1. The number of thioether (sulfide) groups is 1. The van der Waals surface area contributed by atoms with Crippen LogP contribution in [-0.4, -0.2) is 32.4 Å². The first kappa shape index (κ1) is 22.5. The minimum absolute atomic E-state index is 0.366. The van der Waals surface area contributed by atoms with Crippen molar-refractivity contribution in [1.29, 1.82) is 0 Å². The smallest absolute Gasteiger partial charge is 0.242 e. The Bertz CT molecular complexity index is 932. The van der Waals surface area contributed by atoms with Crippen LogP contribution in [0.3, 0.4) is 0 Å². The third-order valence-electron chi connectivity index (χ3n) is 3.91. The van der Waals surface area contributed by atoms with E-state index in [9.17, 15) is 13.2 Å². The molecule has 0 saturated heterocycles. The molecular weight excluding hydrogens is 416 g/mol. The van der Waals surface area contributed by atoms with Crippen LogP contribution in [0.2, 0.25) is 5.02 Å². The fourth-order valence-electron chi connectivity index (χ4n) is 2.35. The van der Waals surface area contributed by atoms with Gasteiger partial charge in [-0.15, -0.1) is 0 Å². The van der Waals surface area contributed by atoms with Crippen molar-refractivity contribution in [2.75, 3.05) is 17.3 Å². The van der Waals surface area contributed by atoms with Gasteiger partial charge < -0.3 is 5.32 Å². The summed E-state index contributed by atoms with van der Waals surface area (Å²) in [7, 11) is -3.79. The van der Waals surface area contributed by atoms with Gasteiger partial charge in [-0.3, -0.25) is 4.79 Å². The van der Waals surface area contributed by atoms with Gasteiger partial charge in [0.25, 0.3) is 0 Å². The molecule has 150 valence electrons. The molecule has 0 heterocycles. The van der Waals surface area contributed by atoms with Crippen molar-refractivity contribution in [3.63, 3.8) is 0 Å². The maximum Gasteiger partial charge on any atom is 0.242 e. The van der Waals surface area contributed by atoms with Crippen molar-refractivity contribution >= 4 is 51.1 Å². The average molecular weight is 439 g/mol. The van der Waals surface area contributed by atoms with Gasteiger partial charge in [0.15, 0.2) is 0 Å². The van der Waals surface area contributed by atoms with E-state index in [1.165, 1.54) is 6.08 Å². The molecule has 5 nitrogen and oxygen atoms in total. The number of nitrogens with one attached hydrogen (secondary N) is 2. The molecule has 1 unspecified atom stereocenters. The van der Waals surface area contributed by atoms with Crippen LogP contribution >= 0.6 is 23.4 Å². The highest BCUT2D eigenvalue weighted by Crippen LogP contribution is 2.20. The van der Waals surface area contributed by atoms with Gasteiger partial charge in [-0.1, -0.05) is 48.0 Å². The number of amides is 1. The van der Waals surface area contributed by atoms with Crippen molar-refractivity contribution in [1.82, 2.24) is 4.72 Å². The fourth-order valence-corrected chi connectivity index (χ4v) is 4.04. The van der Waals surface area contributed by atoms with Gasteiger partial charge in [-0.2, -0.15) is 16.5 Å². The maximum absolute atomic E-state index is 12.7. The largest absolute Gasteiger partial charge is 0.325 e. The van der Waals surface area contributed by atoms with Crippen LogP contribution < -0.4 is 10.0 Å². The van der Waals surface area contributed by atoms with Crippen LogP contribution in [0.1, 0.15) is 17.5 Å². The second-order valence-electron chi connectivity index (χ2n) is 6.16. The fraction of sp³-hybridized carbons (Fsp3) is 0.250. The van der Waals surface area contributed by atoms with Crippen molar-refractivity contribution in [2.24, 2.45) is 0 Å². The number of halogens is 1. The number of hydrogen-bond donors (Lipinski definition) is 2. The first-order chi connectivity index (χ1) is 13.3. The number of rotatable bonds is 9. The Balaban J connectivity index is 2.11. The first-order valence-corrected chi connectivity index (χ1v) is 11.9. The van der Waals surface area contributed by atoms with Crippen molar-refractivity contribution in [3.05, 3.63) is 70.1 Å². The molecule has 2 rings (SSSR count). The number of hydrogen-bond acceptors (Lipinski definition) is 4. The van der Waals surface area contributed by atoms with Crippen LogP contribution in [0.4, 0.5) is 5.69 Å². The van der Waals surface area contributed by atoms with E-state index >= 15 is 0 Å². The zero-order valence-electron chi connectivity index (χ0n) is 15.7. The second kappa shape index (κ2) is 10.7. The predicted molar refractivity (Wildman–Crippen MR) is 119 cm³/mol. The Morgan fingerprint density at radius 3 is 2.57 bits per heavy atom. The molecule has 28 heavy (non-hydrogen) atoms. The number of sulfonamides is 1. The van der Waals surface area contributed by atoms with Gasteiger partial charge in [-0.05, 0) is 54.7 Å². The topological polar surface area (TPSA) is 75.3 Å². The van der Waals surface area contributed by atoms with E-state index in [1.807, 2.05) is 31.4 Å². The number of carbonyl (C=O) groups is 1. The zero-order valence-corrected chi connectivity index (χ0v) is 18.1. The van der Waals surface area contributed by atoms with Crippen LogP contribution in [0.25, 0.3) is 6.08 Å². The lowest BCUT2D eigenvalue weighted by molar-refractivity contribution is -0.117. The molecule has 2 aromatic rings. The van der Waals surface area contributed by atoms with Gasteiger partial charge in [0, 0.05) is 16.1 Å². The normalized spacial score (nSPS) is 12.8. The summed E-state index contributed by atoms with van der Waals surface area (Å²) in [5.74, 6) is 0.211. The molecule has 2 N–H and O–H groups in total. The minimum atomic E-state index is -3.79. The minimum Gasteiger partial charge on any atom is -0.325 e. The molecule has 0 aliphatic heterocycles. The molecule has 0 fully saturated rings. The summed E-state index contributed by atoms with van der Waals surface area (Å²) in [5.41, 5.74) is 2.17. The molecule has 1 amide bonds. The first-order valence-electron chi connectivity index (χ1n) is 8.62. The van der Waals surface area contributed by atoms with Crippen LogP contribution in [-0.2, 0) is 14.8 Å². The van der Waals surface area contributed by atoms with Crippen molar-refractivity contribution in [2.45, 2.75) is 19.4 Å². The molecule has 0 radical (unpaired) electrons. The molecule has 0 saturated carbocycles. The van der Waals surface area contributed by atoms with Crippen molar-refractivity contribution < 1.29 is 13.2 Å². The van der Waals surface area contributed by atoms with E-state index < -0.39 is 22.0 Å². The Hall–Kier alpha value is -1.80. The Kier molecular flexibility index (Phi) is 8.57. The summed E-state index contributed by atoms with van der Waals surface area (Å²) in [5, 5.41) is 4.34. The Labute approximate surface area is 175 Å². The van der Waals surface area contributed by atoms with E-state index in [0.717, 1.165) is 16.5 Å². The highest BCUT2D eigenvalue weighted by Gasteiger charge is 2.23. The molecule has 1 atom stereocenters. The molecule has 8 heteroatoms. The quantitative estimate of drug-likeness (QED) is 0.612. The summed E-state index contributed by atoms with van der Waals surface area (Å²) in [4.78, 5) is 12.7. The highest BCUT2D eigenvalue weighted by molar-refractivity contribution is 7.98. The van der Waals surface area contributed by atoms with E-state index in [0.29, 0.717) is 22.9 Å². The number of aryl methyl sites for hydroxylation is 1. The van der Waals surface area contributed by atoms with Gasteiger partial charge >= 0.3 is 0 Å². The van der Waals surface area contributed by atoms with E-state index in [-0.39, 0.29) is 0 Å². The van der Waals surface area contributed by atoms with Crippen LogP contribution in [0, 0.1) is 6.92 Å². The van der Waals surface area contributed by atoms with Gasteiger partial charge in [0.2, 0.25) is 15.9 Å². The number of carbonyl (C=O) groups excluding carboxylic acids is 1. The lowest BCUT2D eigenvalue weighted by Crippen LogP contribution is -2.43. The second-order valence-corrected chi connectivity index (χ2v) is 9.15. The lowest BCUT2D eigenvalue weighted by atomic mass is 10.2. The molecule has 0 aliphatic rings. The number of anilines is 1. The predicted octanol–water partition coefficient (Wildman–Crippen LogP) is 4.30. The van der Waals surface area contributed by atoms with Crippen LogP contribution in [0.5, 0.6) is 0 Å². The van der Waals surface area contributed by atoms with Gasteiger partial charge in [-0.25, -0.2) is 8.42 Å². The standard InChI is InChI=1S/C20H23ClN2O3S2/c1-15-8-9-17(14-18(15)21)22-20(24)19(10-12-27-2)23-28(25,26)13-11-16-6-4-3-5-7-16/h3-9,11,13-14,19,23H,10,12H2,1-2H3,(H,22,24)/b13-11+. The molecule has 0 spiro atoms. The third kappa shape index (κ3) is 7.31. The van der Waals surface area contributed by atoms with Crippen LogP contribution in [0.15, 0.2) is 53.9 Å². The lowest BCUT2D eigenvalue weighted by Gasteiger charge is -2.17.